The number of hydrogen-bond acceptors (Lipinski definition) is 5. The molecule has 1 atom stereocenters. The van der Waals surface area contributed by atoms with Crippen LogP contribution in [0.5, 0.6) is 5.75 Å². The average Bonchev–Trinajstić information content (AvgIpc) is 3.11. The Balaban J connectivity index is 1.65. The van der Waals surface area contributed by atoms with Crippen molar-refractivity contribution in [3.63, 3.8) is 0 Å². The Labute approximate surface area is 171 Å². The minimum atomic E-state index is -0.149. The Morgan fingerprint density at radius 2 is 2.11 bits per heavy atom. The van der Waals surface area contributed by atoms with Gasteiger partial charge in [-0.3, -0.25) is 4.79 Å². The van der Waals surface area contributed by atoms with Gasteiger partial charge >= 0.3 is 0 Å². The highest BCUT2D eigenvalue weighted by molar-refractivity contribution is 6.33. The molecule has 7 nitrogen and oxygen atoms in total. The number of amides is 1. The Morgan fingerprint density at radius 3 is 2.89 bits per heavy atom. The van der Waals surface area contributed by atoms with Crippen molar-refractivity contribution >= 4 is 29.1 Å². The van der Waals surface area contributed by atoms with E-state index in [9.17, 15) is 4.79 Å². The molecule has 0 unspecified atom stereocenters. The second-order valence-electron chi connectivity index (χ2n) is 6.57. The van der Waals surface area contributed by atoms with Crippen molar-refractivity contribution in [2.75, 3.05) is 7.11 Å². The molecule has 0 N–H and O–H groups in total. The van der Waals surface area contributed by atoms with Crippen LogP contribution in [-0.2, 0) is 13.1 Å². The molecule has 1 aliphatic rings. The van der Waals surface area contributed by atoms with Crippen LogP contribution in [0.15, 0.2) is 36.7 Å². The Bertz CT molecular complexity index is 1050. The number of carbonyl (C=O) groups is 1. The van der Waals surface area contributed by atoms with Crippen LogP contribution >= 0.6 is 23.2 Å². The van der Waals surface area contributed by atoms with Gasteiger partial charge in [0.2, 0.25) is 5.28 Å². The van der Waals surface area contributed by atoms with Gasteiger partial charge < -0.3 is 14.2 Å². The van der Waals surface area contributed by atoms with Gasteiger partial charge in [0.25, 0.3) is 5.91 Å². The summed E-state index contributed by atoms with van der Waals surface area (Å²) in [4.78, 5) is 27.4. The number of nitrogens with zero attached hydrogens (tertiary/aromatic N) is 5. The number of fused-ring (bicyclic) bond motifs is 1. The summed E-state index contributed by atoms with van der Waals surface area (Å²) in [5.41, 5.74) is 1.89. The Morgan fingerprint density at radius 1 is 1.29 bits per heavy atom. The number of carbonyl (C=O) groups excluding carboxylic acids is 1. The minimum absolute atomic E-state index is 0.00212. The zero-order valence-electron chi connectivity index (χ0n) is 15.3. The predicted octanol–water partition coefficient (Wildman–Crippen LogP) is 3.70. The highest BCUT2D eigenvalue weighted by atomic mass is 35.5. The lowest BCUT2D eigenvalue weighted by Gasteiger charge is -2.33. The molecular weight excluding hydrogens is 401 g/mol. The Kier molecular flexibility index (Phi) is 4.95. The maximum Gasteiger partial charge on any atom is 0.290 e. The summed E-state index contributed by atoms with van der Waals surface area (Å²) < 4.78 is 7.10. The molecular formula is C19H17Cl2N5O2. The van der Waals surface area contributed by atoms with Crippen molar-refractivity contribution in [2.45, 2.75) is 26.1 Å². The number of methoxy groups -OCH3 is 1. The van der Waals surface area contributed by atoms with Crippen molar-refractivity contribution in [3.05, 3.63) is 58.4 Å². The summed E-state index contributed by atoms with van der Waals surface area (Å²) in [6.45, 7) is 3.10. The van der Waals surface area contributed by atoms with Crippen LogP contribution in [0.3, 0.4) is 0 Å². The topological polar surface area (TPSA) is 73.1 Å². The molecule has 144 valence electrons. The van der Waals surface area contributed by atoms with Gasteiger partial charge in [-0.05, 0) is 36.2 Å². The predicted molar refractivity (Wildman–Crippen MR) is 106 cm³/mol. The van der Waals surface area contributed by atoms with E-state index in [0.717, 1.165) is 11.3 Å². The molecule has 0 radical (unpaired) electrons. The smallest absolute Gasteiger partial charge is 0.290 e. The fraction of sp³-hybridized carbons (Fsp3) is 0.263. The van der Waals surface area contributed by atoms with Gasteiger partial charge in [-0.1, -0.05) is 23.7 Å². The number of ether oxygens (including phenoxy) is 1. The van der Waals surface area contributed by atoms with E-state index in [1.165, 1.54) is 6.20 Å². The summed E-state index contributed by atoms with van der Waals surface area (Å²) in [6.07, 6.45) is 3.20. The first-order chi connectivity index (χ1) is 13.5. The van der Waals surface area contributed by atoms with E-state index in [4.69, 9.17) is 27.9 Å². The van der Waals surface area contributed by atoms with E-state index in [1.807, 2.05) is 35.8 Å². The first-order valence-corrected chi connectivity index (χ1v) is 9.41. The lowest BCUT2D eigenvalue weighted by Crippen LogP contribution is -2.46. The lowest BCUT2D eigenvalue weighted by molar-refractivity contribution is 0.0587. The molecule has 0 bridgehead atoms. The molecule has 4 rings (SSSR count). The van der Waals surface area contributed by atoms with Crippen molar-refractivity contribution in [1.29, 1.82) is 0 Å². The maximum atomic E-state index is 13.1. The summed E-state index contributed by atoms with van der Waals surface area (Å²) in [5, 5.41) is 0.401. The highest BCUT2D eigenvalue weighted by Gasteiger charge is 2.32. The average molecular weight is 418 g/mol. The molecule has 0 aliphatic carbocycles. The van der Waals surface area contributed by atoms with Gasteiger partial charge in [-0.15, -0.1) is 0 Å². The van der Waals surface area contributed by atoms with Crippen LogP contribution in [0.25, 0.3) is 11.4 Å². The summed E-state index contributed by atoms with van der Waals surface area (Å²) >= 11 is 12.1. The zero-order valence-corrected chi connectivity index (χ0v) is 16.8. The van der Waals surface area contributed by atoms with Crippen LogP contribution in [0.1, 0.15) is 23.1 Å². The number of halogens is 2. The summed E-state index contributed by atoms with van der Waals surface area (Å²) in [5.74, 6) is 0.958. The third kappa shape index (κ3) is 3.43. The molecule has 28 heavy (non-hydrogen) atoms. The standard InChI is InChI=1S/C19H17Cl2N5O2/c1-11-8-25-10-15(16-14(20)7-22-19(21)24-16)23-17(25)18(27)26(11)9-12-4-3-5-13(6-12)28-2/h3-7,10-11H,8-9H2,1-2H3/t11-/m0/s1. The number of benzene rings is 1. The first-order valence-electron chi connectivity index (χ1n) is 8.65. The van der Waals surface area contributed by atoms with Crippen LogP contribution in [0, 0.1) is 0 Å². The molecule has 0 saturated heterocycles. The van der Waals surface area contributed by atoms with Crippen molar-refractivity contribution < 1.29 is 9.53 Å². The lowest BCUT2D eigenvalue weighted by atomic mass is 10.1. The second kappa shape index (κ2) is 7.41. The molecule has 0 fully saturated rings. The molecule has 3 aromatic rings. The van der Waals surface area contributed by atoms with Gasteiger partial charge in [-0.25, -0.2) is 15.0 Å². The zero-order chi connectivity index (χ0) is 19.8. The minimum Gasteiger partial charge on any atom is -0.497 e. The van der Waals surface area contributed by atoms with Gasteiger partial charge in [-0.2, -0.15) is 0 Å². The molecule has 3 heterocycles. The number of rotatable bonds is 4. The van der Waals surface area contributed by atoms with E-state index in [1.54, 1.807) is 18.2 Å². The second-order valence-corrected chi connectivity index (χ2v) is 7.32. The van der Waals surface area contributed by atoms with E-state index in [-0.39, 0.29) is 17.2 Å². The summed E-state index contributed by atoms with van der Waals surface area (Å²) in [6, 6.07) is 7.68. The van der Waals surface area contributed by atoms with E-state index in [0.29, 0.717) is 35.3 Å². The highest BCUT2D eigenvalue weighted by Crippen LogP contribution is 2.28. The Hall–Kier alpha value is -2.64. The largest absolute Gasteiger partial charge is 0.497 e. The SMILES string of the molecule is COc1cccc(CN2C(=O)c3nc(-c4nc(Cl)ncc4Cl)cn3C[C@@H]2C)c1. The molecule has 1 aliphatic heterocycles. The third-order valence-electron chi connectivity index (χ3n) is 4.67. The van der Waals surface area contributed by atoms with E-state index >= 15 is 0 Å². The van der Waals surface area contributed by atoms with Crippen LogP contribution in [0.2, 0.25) is 10.3 Å². The number of aromatic nitrogens is 4. The molecule has 0 saturated carbocycles. The van der Waals surface area contributed by atoms with Gasteiger partial charge in [0.1, 0.15) is 17.1 Å². The quantitative estimate of drug-likeness (QED) is 0.605. The molecule has 1 aromatic carbocycles. The molecule has 2 aromatic heterocycles. The van der Waals surface area contributed by atoms with E-state index in [2.05, 4.69) is 15.0 Å². The normalized spacial score (nSPS) is 16.2. The maximum absolute atomic E-state index is 13.1. The number of hydrogen-bond donors (Lipinski definition) is 0. The summed E-state index contributed by atoms with van der Waals surface area (Å²) in [7, 11) is 1.62. The van der Waals surface area contributed by atoms with Crippen molar-refractivity contribution in [1.82, 2.24) is 24.4 Å². The monoisotopic (exact) mass is 417 g/mol. The van der Waals surface area contributed by atoms with Crippen molar-refractivity contribution in [3.8, 4) is 17.1 Å². The van der Waals surface area contributed by atoms with Crippen LogP contribution in [-0.4, -0.2) is 43.5 Å². The van der Waals surface area contributed by atoms with E-state index < -0.39 is 0 Å². The van der Waals surface area contributed by atoms with Crippen LogP contribution < -0.4 is 4.74 Å². The molecule has 1 amide bonds. The van der Waals surface area contributed by atoms with Crippen molar-refractivity contribution in [2.24, 2.45) is 0 Å². The van der Waals surface area contributed by atoms with Gasteiger partial charge in [0, 0.05) is 25.3 Å². The molecule has 9 heteroatoms. The van der Waals surface area contributed by atoms with Gasteiger partial charge in [0.15, 0.2) is 5.82 Å². The molecule has 0 spiro atoms. The van der Waals surface area contributed by atoms with Gasteiger partial charge in [0.05, 0.1) is 18.3 Å². The fourth-order valence-electron chi connectivity index (χ4n) is 3.27. The third-order valence-corrected chi connectivity index (χ3v) is 5.12. The fourth-order valence-corrected chi connectivity index (χ4v) is 3.59. The number of imidazole rings is 1. The van der Waals surface area contributed by atoms with Crippen LogP contribution in [0.4, 0.5) is 0 Å². The first kappa shape index (κ1) is 18.7.